The molecule has 0 aromatic rings. The monoisotopic (exact) mass is 212 g/mol. The SMILES string of the molecule is CCCCCC(CC)CCC(CC)CC. The Kier molecular flexibility index (Phi) is 10.5. The first-order valence-corrected chi connectivity index (χ1v) is 7.28. The molecular formula is C15H32. The van der Waals surface area contributed by atoms with Crippen LogP contribution in [0.15, 0.2) is 0 Å². The lowest BCUT2D eigenvalue weighted by atomic mass is 9.88. The molecule has 0 amide bonds. The molecule has 0 aliphatic carbocycles. The molecule has 0 aliphatic heterocycles. The summed E-state index contributed by atoms with van der Waals surface area (Å²) in [4.78, 5) is 0. The lowest BCUT2D eigenvalue weighted by Crippen LogP contribution is -2.04. The highest BCUT2D eigenvalue weighted by atomic mass is 14.2. The van der Waals surface area contributed by atoms with Crippen molar-refractivity contribution >= 4 is 0 Å². The fourth-order valence-electron chi connectivity index (χ4n) is 2.40. The normalized spacial score (nSPS) is 13.4. The molecule has 0 spiro atoms. The van der Waals surface area contributed by atoms with Crippen molar-refractivity contribution in [3.8, 4) is 0 Å². The van der Waals surface area contributed by atoms with Gasteiger partial charge in [0, 0.05) is 0 Å². The second-order valence-electron chi connectivity index (χ2n) is 5.03. The van der Waals surface area contributed by atoms with Gasteiger partial charge in [0.25, 0.3) is 0 Å². The molecule has 0 aromatic carbocycles. The number of hydrogen-bond donors (Lipinski definition) is 0. The molecule has 0 fully saturated rings. The first-order valence-electron chi connectivity index (χ1n) is 7.28. The van der Waals surface area contributed by atoms with Crippen LogP contribution in [0, 0.1) is 11.8 Å². The zero-order valence-corrected chi connectivity index (χ0v) is 11.5. The van der Waals surface area contributed by atoms with E-state index in [0.717, 1.165) is 11.8 Å². The highest BCUT2D eigenvalue weighted by Crippen LogP contribution is 2.24. The first-order chi connectivity index (χ1) is 7.28. The van der Waals surface area contributed by atoms with E-state index in [0.29, 0.717) is 0 Å². The number of hydrogen-bond acceptors (Lipinski definition) is 0. The standard InChI is InChI=1S/C15H32/c1-5-9-10-11-15(8-4)13-12-14(6-2)7-3/h14-15H,5-13H2,1-4H3. The van der Waals surface area contributed by atoms with Crippen LogP contribution in [0.2, 0.25) is 0 Å². The molecule has 0 nitrogen and oxygen atoms in total. The van der Waals surface area contributed by atoms with Gasteiger partial charge in [-0.1, -0.05) is 85.5 Å². The molecule has 0 N–H and O–H groups in total. The Morgan fingerprint density at radius 3 is 1.60 bits per heavy atom. The summed E-state index contributed by atoms with van der Waals surface area (Å²) < 4.78 is 0. The van der Waals surface area contributed by atoms with Crippen molar-refractivity contribution in [3.63, 3.8) is 0 Å². The van der Waals surface area contributed by atoms with E-state index in [4.69, 9.17) is 0 Å². The smallest absolute Gasteiger partial charge is 0.0417 e. The van der Waals surface area contributed by atoms with Gasteiger partial charge in [-0.05, 0) is 11.8 Å². The third-order valence-corrected chi connectivity index (χ3v) is 3.93. The van der Waals surface area contributed by atoms with Crippen LogP contribution in [-0.2, 0) is 0 Å². The minimum absolute atomic E-state index is 0.991. The van der Waals surface area contributed by atoms with Crippen LogP contribution in [0.3, 0.4) is 0 Å². The van der Waals surface area contributed by atoms with Gasteiger partial charge in [0.1, 0.15) is 0 Å². The summed E-state index contributed by atoms with van der Waals surface area (Å²) in [5.74, 6) is 2.00. The molecule has 0 bridgehead atoms. The topological polar surface area (TPSA) is 0 Å². The van der Waals surface area contributed by atoms with E-state index in [1.807, 2.05) is 0 Å². The third-order valence-electron chi connectivity index (χ3n) is 3.93. The Labute approximate surface area is 97.8 Å². The van der Waals surface area contributed by atoms with E-state index in [1.165, 1.54) is 57.8 Å². The molecule has 0 aliphatic rings. The largest absolute Gasteiger partial charge is 0.0654 e. The Hall–Kier alpha value is 0. The van der Waals surface area contributed by atoms with Gasteiger partial charge >= 0.3 is 0 Å². The van der Waals surface area contributed by atoms with E-state index in [2.05, 4.69) is 27.7 Å². The molecule has 0 aromatic heterocycles. The van der Waals surface area contributed by atoms with Crippen LogP contribution in [0.5, 0.6) is 0 Å². The second-order valence-corrected chi connectivity index (χ2v) is 5.03. The Bertz CT molecular complexity index is 113. The molecular weight excluding hydrogens is 180 g/mol. The molecule has 0 radical (unpaired) electrons. The van der Waals surface area contributed by atoms with Crippen molar-refractivity contribution in [2.45, 2.75) is 85.5 Å². The molecule has 0 rings (SSSR count). The van der Waals surface area contributed by atoms with E-state index in [9.17, 15) is 0 Å². The Balaban J connectivity index is 3.59. The quantitative estimate of drug-likeness (QED) is 0.401. The maximum absolute atomic E-state index is 2.36. The zero-order valence-electron chi connectivity index (χ0n) is 11.5. The average Bonchev–Trinajstić information content (AvgIpc) is 2.28. The van der Waals surface area contributed by atoms with Gasteiger partial charge in [0.05, 0.1) is 0 Å². The minimum atomic E-state index is 0.991. The number of rotatable bonds is 10. The van der Waals surface area contributed by atoms with E-state index < -0.39 is 0 Å². The van der Waals surface area contributed by atoms with Crippen LogP contribution >= 0.6 is 0 Å². The fraction of sp³-hybridized carbons (Fsp3) is 1.00. The first kappa shape index (κ1) is 15.0. The van der Waals surface area contributed by atoms with Crippen molar-refractivity contribution in [1.82, 2.24) is 0 Å². The van der Waals surface area contributed by atoms with Crippen LogP contribution < -0.4 is 0 Å². The molecule has 0 saturated heterocycles. The second kappa shape index (κ2) is 10.5. The van der Waals surface area contributed by atoms with Crippen LogP contribution in [0.4, 0.5) is 0 Å². The number of unbranched alkanes of at least 4 members (excludes halogenated alkanes) is 2. The highest BCUT2D eigenvalue weighted by molar-refractivity contribution is 4.62. The van der Waals surface area contributed by atoms with Gasteiger partial charge in [0.15, 0.2) is 0 Å². The average molecular weight is 212 g/mol. The predicted octanol–water partition coefficient (Wildman–Crippen LogP) is 5.81. The fourth-order valence-corrected chi connectivity index (χ4v) is 2.40. The highest BCUT2D eigenvalue weighted by Gasteiger charge is 2.09. The summed E-state index contributed by atoms with van der Waals surface area (Å²) in [6.45, 7) is 9.34. The van der Waals surface area contributed by atoms with E-state index in [-0.39, 0.29) is 0 Å². The van der Waals surface area contributed by atoms with Crippen molar-refractivity contribution < 1.29 is 0 Å². The van der Waals surface area contributed by atoms with Gasteiger partial charge in [-0.2, -0.15) is 0 Å². The lowest BCUT2D eigenvalue weighted by Gasteiger charge is -2.18. The Morgan fingerprint density at radius 1 is 0.600 bits per heavy atom. The molecule has 0 heteroatoms. The maximum atomic E-state index is 2.36. The van der Waals surface area contributed by atoms with Crippen molar-refractivity contribution in [2.24, 2.45) is 11.8 Å². The van der Waals surface area contributed by atoms with Crippen molar-refractivity contribution in [3.05, 3.63) is 0 Å². The zero-order chi connectivity index (χ0) is 11.5. The summed E-state index contributed by atoms with van der Waals surface area (Å²) >= 11 is 0. The van der Waals surface area contributed by atoms with Gasteiger partial charge in [-0.25, -0.2) is 0 Å². The lowest BCUT2D eigenvalue weighted by molar-refractivity contribution is 0.347. The van der Waals surface area contributed by atoms with Gasteiger partial charge in [-0.15, -0.1) is 0 Å². The van der Waals surface area contributed by atoms with Crippen molar-refractivity contribution in [2.75, 3.05) is 0 Å². The molecule has 92 valence electrons. The van der Waals surface area contributed by atoms with Gasteiger partial charge in [-0.3, -0.25) is 0 Å². The summed E-state index contributed by atoms with van der Waals surface area (Å²) in [6.07, 6.45) is 12.8. The summed E-state index contributed by atoms with van der Waals surface area (Å²) in [7, 11) is 0. The molecule has 1 atom stereocenters. The van der Waals surface area contributed by atoms with E-state index >= 15 is 0 Å². The minimum Gasteiger partial charge on any atom is -0.0654 e. The Morgan fingerprint density at radius 2 is 1.13 bits per heavy atom. The van der Waals surface area contributed by atoms with Gasteiger partial charge < -0.3 is 0 Å². The molecule has 1 unspecified atom stereocenters. The maximum Gasteiger partial charge on any atom is -0.0417 e. The summed E-state index contributed by atoms with van der Waals surface area (Å²) in [5, 5.41) is 0. The molecule has 0 heterocycles. The molecule has 0 saturated carbocycles. The summed E-state index contributed by atoms with van der Waals surface area (Å²) in [6, 6.07) is 0. The van der Waals surface area contributed by atoms with E-state index in [1.54, 1.807) is 0 Å². The van der Waals surface area contributed by atoms with Crippen LogP contribution in [0.1, 0.15) is 85.5 Å². The van der Waals surface area contributed by atoms with Crippen LogP contribution in [0.25, 0.3) is 0 Å². The third kappa shape index (κ3) is 7.88. The van der Waals surface area contributed by atoms with Crippen LogP contribution in [-0.4, -0.2) is 0 Å². The molecule has 15 heavy (non-hydrogen) atoms. The predicted molar refractivity (Wildman–Crippen MR) is 71.2 cm³/mol. The van der Waals surface area contributed by atoms with Crippen molar-refractivity contribution in [1.29, 1.82) is 0 Å². The summed E-state index contributed by atoms with van der Waals surface area (Å²) in [5.41, 5.74) is 0. The van der Waals surface area contributed by atoms with Gasteiger partial charge in [0.2, 0.25) is 0 Å².